The Morgan fingerprint density at radius 1 is 1.43 bits per heavy atom. The molecule has 0 unspecified atom stereocenters. The summed E-state index contributed by atoms with van der Waals surface area (Å²) in [6.07, 6.45) is 0. The van der Waals surface area contributed by atoms with Gasteiger partial charge in [-0.05, 0) is 13.0 Å². The summed E-state index contributed by atoms with van der Waals surface area (Å²) in [5.74, 6) is 0.968. The Morgan fingerprint density at radius 3 is 1.86 bits per heavy atom. The summed E-state index contributed by atoms with van der Waals surface area (Å²) in [6, 6.07) is 0. The highest BCUT2D eigenvalue weighted by molar-refractivity contribution is 4.71. The predicted molar refractivity (Wildman–Crippen MR) is 33.4 cm³/mol. The van der Waals surface area contributed by atoms with Crippen molar-refractivity contribution in [1.29, 1.82) is 0 Å². The van der Waals surface area contributed by atoms with Crippen molar-refractivity contribution < 1.29 is 0 Å². The summed E-state index contributed by atoms with van der Waals surface area (Å²) in [5.41, 5.74) is 0. The molecule has 1 heteroatoms. The number of nitrogens with zero attached hydrogens (tertiary/aromatic N) is 1. The van der Waals surface area contributed by atoms with Crippen molar-refractivity contribution in [3.8, 4) is 0 Å². The maximum absolute atomic E-state index is 2.32. The summed E-state index contributed by atoms with van der Waals surface area (Å²) < 4.78 is 0. The Labute approximate surface area is 46.3 Å². The van der Waals surface area contributed by atoms with E-state index in [1.165, 1.54) is 13.1 Å². The Balaban J connectivity index is 0.000000360. The molecule has 7 heavy (non-hydrogen) atoms. The highest BCUT2D eigenvalue weighted by Crippen LogP contribution is 2.09. The zero-order chi connectivity index (χ0) is 4.57. The van der Waals surface area contributed by atoms with Crippen LogP contribution < -0.4 is 0 Å². The van der Waals surface area contributed by atoms with Crippen LogP contribution in [0, 0.1) is 5.92 Å². The molecule has 1 saturated heterocycles. The summed E-state index contributed by atoms with van der Waals surface area (Å²) >= 11 is 0. The lowest BCUT2D eigenvalue weighted by atomic mass is 10.1. The summed E-state index contributed by atoms with van der Waals surface area (Å²) in [6.45, 7) is 4.89. The van der Waals surface area contributed by atoms with Crippen molar-refractivity contribution in [2.24, 2.45) is 5.92 Å². The Bertz CT molecular complexity index is 40.1. The lowest BCUT2D eigenvalue weighted by Gasteiger charge is -2.33. The SMILES string of the molecule is C.CC1CN(C)C1. The van der Waals surface area contributed by atoms with E-state index in [1.807, 2.05) is 0 Å². The molecule has 1 nitrogen and oxygen atoms in total. The van der Waals surface area contributed by atoms with Gasteiger partial charge in [0.1, 0.15) is 0 Å². The van der Waals surface area contributed by atoms with Crippen LogP contribution in [0.4, 0.5) is 0 Å². The number of rotatable bonds is 0. The molecule has 1 rings (SSSR count). The monoisotopic (exact) mass is 101 g/mol. The van der Waals surface area contributed by atoms with Crippen LogP contribution in [0.15, 0.2) is 0 Å². The number of hydrogen-bond acceptors (Lipinski definition) is 1. The molecule has 44 valence electrons. The van der Waals surface area contributed by atoms with Crippen LogP contribution >= 0.6 is 0 Å². The topological polar surface area (TPSA) is 3.24 Å². The highest BCUT2D eigenvalue weighted by Gasteiger charge is 2.16. The predicted octanol–water partition coefficient (Wildman–Crippen LogP) is 1.20. The van der Waals surface area contributed by atoms with E-state index in [9.17, 15) is 0 Å². The third-order valence-electron chi connectivity index (χ3n) is 1.25. The Hall–Kier alpha value is -0.0400. The van der Waals surface area contributed by atoms with Crippen LogP contribution in [-0.4, -0.2) is 25.0 Å². The molecule has 0 aromatic heterocycles. The van der Waals surface area contributed by atoms with Gasteiger partial charge in [0.05, 0.1) is 0 Å². The molecule has 0 aromatic carbocycles. The average Bonchev–Trinajstić information content (AvgIpc) is 1.33. The van der Waals surface area contributed by atoms with Gasteiger partial charge in [0.15, 0.2) is 0 Å². The van der Waals surface area contributed by atoms with E-state index in [-0.39, 0.29) is 7.43 Å². The minimum atomic E-state index is 0. The molecule has 0 N–H and O–H groups in total. The van der Waals surface area contributed by atoms with Gasteiger partial charge in [-0.25, -0.2) is 0 Å². The molecular weight excluding hydrogens is 86.1 g/mol. The first kappa shape index (κ1) is 6.96. The van der Waals surface area contributed by atoms with Crippen molar-refractivity contribution in [3.05, 3.63) is 0 Å². The first-order valence-electron chi connectivity index (χ1n) is 2.47. The van der Waals surface area contributed by atoms with Crippen molar-refractivity contribution >= 4 is 0 Å². The molecule has 0 spiro atoms. The summed E-state index contributed by atoms with van der Waals surface area (Å²) in [7, 11) is 2.15. The van der Waals surface area contributed by atoms with E-state index in [0.29, 0.717) is 0 Å². The fourth-order valence-electron chi connectivity index (χ4n) is 1.01. The first-order chi connectivity index (χ1) is 2.79. The fraction of sp³-hybridized carbons (Fsp3) is 1.00. The van der Waals surface area contributed by atoms with Gasteiger partial charge in [0, 0.05) is 13.1 Å². The first-order valence-corrected chi connectivity index (χ1v) is 2.47. The van der Waals surface area contributed by atoms with Gasteiger partial charge < -0.3 is 4.90 Å². The van der Waals surface area contributed by atoms with Gasteiger partial charge in [-0.15, -0.1) is 0 Å². The van der Waals surface area contributed by atoms with Gasteiger partial charge in [-0.3, -0.25) is 0 Å². The third-order valence-corrected chi connectivity index (χ3v) is 1.25. The standard InChI is InChI=1S/C5H11N.CH4/c1-5-3-6(2)4-5;/h5H,3-4H2,1-2H3;1H4. The average molecular weight is 101 g/mol. The van der Waals surface area contributed by atoms with Gasteiger partial charge >= 0.3 is 0 Å². The van der Waals surface area contributed by atoms with Crippen LogP contribution in [0.1, 0.15) is 14.4 Å². The zero-order valence-corrected chi connectivity index (χ0v) is 4.44. The van der Waals surface area contributed by atoms with Crippen LogP contribution in [-0.2, 0) is 0 Å². The maximum atomic E-state index is 2.32. The van der Waals surface area contributed by atoms with E-state index < -0.39 is 0 Å². The molecule has 0 bridgehead atoms. The summed E-state index contributed by atoms with van der Waals surface area (Å²) in [4.78, 5) is 2.32. The Kier molecular flexibility index (Phi) is 2.30. The van der Waals surface area contributed by atoms with Crippen molar-refractivity contribution in [1.82, 2.24) is 4.90 Å². The molecular formula is C6H15N. The van der Waals surface area contributed by atoms with E-state index in [1.54, 1.807) is 0 Å². The van der Waals surface area contributed by atoms with E-state index >= 15 is 0 Å². The van der Waals surface area contributed by atoms with Gasteiger partial charge in [-0.1, -0.05) is 14.4 Å². The number of hydrogen-bond donors (Lipinski definition) is 0. The molecule has 0 amide bonds. The molecule has 1 aliphatic heterocycles. The smallest absolute Gasteiger partial charge is 0.00163 e. The van der Waals surface area contributed by atoms with Crippen LogP contribution in [0.2, 0.25) is 0 Å². The lowest BCUT2D eigenvalue weighted by molar-refractivity contribution is 0.149. The second-order valence-electron chi connectivity index (χ2n) is 2.33. The largest absolute Gasteiger partial charge is 0.306 e. The minimum absolute atomic E-state index is 0. The maximum Gasteiger partial charge on any atom is 0.00163 e. The van der Waals surface area contributed by atoms with Crippen molar-refractivity contribution in [3.63, 3.8) is 0 Å². The van der Waals surface area contributed by atoms with Crippen LogP contribution in [0.5, 0.6) is 0 Å². The van der Waals surface area contributed by atoms with Crippen LogP contribution in [0.3, 0.4) is 0 Å². The van der Waals surface area contributed by atoms with Crippen LogP contribution in [0.25, 0.3) is 0 Å². The van der Waals surface area contributed by atoms with E-state index in [2.05, 4.69) is 18.9 Å². The molecule has 0 saturated carbocycles. The van der Waals surface area contributed by atoms with Gasteiger partial charge in [0.2, 0.25) is 0 Å². The molecule has 0 aliphatic carbocycles. The molecule has 0 atom stereocenters. The lowest BCUT2D eigenvalue weighted by Crippen LogP contribution is -2.41. The van der Waals surface area contributed by atoms with Gasteiger partial charge in [0.25, 0.3) is 0 Å². The Morgan fingerprint density at radius 2 is 1.86 bits per heavy atom. The molecule has 0 radical (unpaired) electrons. The second kappa shape index (κ2) is 2.31. The highest BCUT2D eigenvalue weighted by atomic mass is 15.2. The fourth-order valence-corrected chi connectivity index (χ4v) is 1.01. The third kappa shape index (κ3) is 1.48. The molecule has 1 aliphatic rings. The molecule has 1 heterocycles. The second-order valence-corrected chi connectivity index (χ2v) is 2.33. The molecule has 1 fully saturated rings. The van der Waals surface area contributed by atoms with E-state index in [4.69, 9.17) is 0 Å². The van der Waals surface area contributed by atoms with Crippen molar-refractivity contribution in [2.75, 3.05) is 20.1 Å². The number of likely N-dealkylation sites (tertiary alicyclic amines) is 1. The minimum Gasteiger partial charge on any atom is -0.306 e. The summed E-state index contributed by atoms with van der Waals surface area (Å²) in [5, 5.41) is 0. The molecule has 0 aromatic rings. The zero-order valence-electron chi connectivity index (χ0n) is 4.44. The quantitative estimate of drug-likeness (QED) is 0.443. The normalized spacial score (nSPS) is 23.1. The van der Waals surface area contributed by atoms with Crippen molar-refractivity contribution in [2.45, 2.75) is 14.4 Å². The van der Waals surface area contributed by atoms with E-state index in [0.717, 1.165) is 5.92 Å². The van der Waals surface area contributed by atoms with Gasteiger partial charge in [-0.2, -0.15) is 0 Å².